The highest BCUT2D eigenvalue weighted by Crippen LogP contribution is 2.15. The van der Waals surface area contributed by atoms with Crippen LogP contribution in [-0.4, -0.2) is 35.1 Å². The highest BCUT2D eigenvalue weighted by Gasteiger charge is 2.08. The second-order valence-electron chi connectivity index (χ2n) is 5.77. The lowest BCUT2D eigenvalue weighted by molar-refractivity contribution is -0.385. The molecule has 0 bridgehead atoms. The number of hydrogen-bond acceptors (Lipinski definition) is 7. The van der Waals surface area contributed by atoms with Crippen LogP contribution in [-0.2, 0) is 4.74 Å². The fourth-order valence-corrected chi connectivity index (χ4v) is 2.08. The minimum atomic E-state index is -0.502. The number of carbonyl (C=O) groups is 1. The Balaban J connectivity index is 1.69. The molecule has 138 valence electrons. The molecule has 1 aromatic heterocycles. The molecule has 8 heteroatoms. The molecule has 2 aromatic rings. The smallest absolute Gasteiger partial charge is 0.338 e. The van der Waals surface area contributed by atoms with Gasteiger partial charge in [0.1, 0.15) is 17.8 Å². The number of anilines is 1. The number of carbonyl (C=O) groups excluding carboxylic acids is 1. The Hall–Kier alpha value is -3.16. The van der Waals surface area contributed by atoms with Crippen molar-refractivity contribution >= 4 is 17.5 Å². The zero-order chi connectivity index (χ0) is 18.9. The Labute approximate surface area is 151 Å². The summed E-state index contributed by atoms with van der Waals surface area (Å²) in [7, 11) is 0. The van der Waals surface area contributed by atoms with Gasteiger partial charge in [0.2, 0.25) is 0 Å². The van der Waals surface area contributed by atoms with E-state index in [1.165, 1.54) is 18.3 Å². The van der Waals surface area contributed by atoms with Crippen LogP contribution in [0.1, 0.15) is 30.6 Å². The van der Waals surface area contributed by atoms with Crippen molar-refractivity contribution in [2.45, 2.75) is 26.4 Å². The Morgan fingerprint density at radius 3 is 2.54 bits per heavy atom. The van der Waals surface area contributed by atoms with Crippen molar-refractivity contribution in [3.05, 3.63) is 58.3 Å². The van der Waals surface area contributed by atoms with Gasteiger partial charge in [0, 0.05) is 12.6 Å². The van der Waals surface area contributed by atoms with Crippen LogP contribution < -0.4 is 10.1 Å². The molecule has 0 atom stereocenters. The number of ether oxygens (including phenoxy) is 2. The quantitative estimate of drug-likeness (QED) is 0.316. The summed E-state index contributed by atoms with van der Waals surface area (Å²) >= 11 is 0. The van der Waals surface area contributed by atoms with Crippen molar-refractivity contribution in [2.24, 2.45) is 0 Å². The van der Waals surface area contributed by atoms with Gasteiger partial charge in [-0.2, -0.15) is 0 Å². The highest BCUT2D eigenvalue weighted by molar-refractivity contribution is 5.89. The van der Waals surface area contributed by atoms with Gasteiger partial charge in [-0.05, 0) is 50.6 Å². The molecule has 0 saturated carbocycles. The number of nitrogens with zero attached hydrogens (tertiary/aromatic N) is 2. The van der Waals surface area contributed by atoms with E-state index in [4.69, 9.17) is 9.47 Å². The molecule has 0 amide bonds. The molecule has 0 aliphatic heterocycles. The zero-order valence-electron chi connectivity index (χ0n) is 14.7. The molecule has 26 heavy (non-hydrogen) atoms. The average Bonchev–Trinajstić information content (AvgIpc) is 2.61. The van der Waals surface area contributed by atoms with E-state index >= 15 is 0 Å². The van der Waals surface area contributed by atoms with Crippen molar-refractivity contribution in [1.82, 2.24) is 4.98 Å². The first-order valence-corrected chi connectivity index (χ1v) is 8.24. The Morgan fingerprint density at radius 1 is 1.23 bits per heavy atom. The molecular formula is C18H21N3O5. The van der Waals surface area contributed by atoms with E-state index in [9.17, 15) is 14.9 Å². The first kappa shape index (κ1) is 19.2. The molecular weight excluding hydrogens is 338 g/mol. The van der Waals surface area contributed by atoms with Crippen LogP contribution in [0.5, 0.6) is 5.75 Å². The normalized spacial score (nSPS) is 10.4. The van der Waals surface area contributed by atoms with E-state index < -0.39 is 10.9 Å². The van der Waals surface area contributed by atoms with Gasteiger partial charge in [-0.3, -0.25) is 10.1 Å². The fourth-order valence-electron chi connectivity index (χ4n) is 2.08. The highest BCUT2D eigenvalue weighted by atomic mass is 16.6. The Kier molecular flexibility index (Phi) is 6.90. The number of pyridine rings is 1. The molecule has 1 N–H and O–H groups in total. The van der Waals surface area contributed by atoms with Crippen LogP contribution in [0.25, 0.3) is 0 Å². The third kappa shape index (κ3) is 6.04. The van der Waals surface area contributed by atoms with Crippen molar-refractivity contribution in [3.63, 3.8) is 0 Å². The molecule has 0 saturated heterocycles. The monoisotopic (exact) mass is 359 g/mol. The van der Waals surface area contributed by atoms with Gasteiger partial charge < -0.3 is 14.8 Å². The van der Waals surface area contributed by atoms with Crippen LogP contribution in [0.2, 0.25) is 0 Å². The van der Waals surface area contributed by atoms with Crippen molar-refractivity contribution in [1.29, 1.82) is 0 Å². The van der Waals surface area contributed by atoms with Crippen molar-refractivity contribution < 1.29 is 19.2 Å². The number of rotatable bonds is 9. The van der Waals surface area contributed by atoms with E-state index in [1.807, 2.05) is 13.8 Å². The van der Waals surface area contributed by atoms with Crippen molar-refractivity contribution in [2.75, 3.05) is 18.5 Å². The van der Waals surface area contributed by atoms with Crippen LogP contribution >= 0.6 is 0 Å². The number of esters is 1. The number of hydrogen-bond donors (Lipinski definition) is 1. The maximum absolute atomic E-state index is 12.0. The van der Waals surface area contributed by atoms with Gasteiger partial charge in [-0.15, -0.1) is 0 Å². The minimum absolute atomic E-state index is 0.0608. The summed E-state index contributed by atoms with van der Waals surface area (Å²) < 4.78 is 10.7. The first-order valence-electron chi connectivity index (χ1n) is 8.24. The molecule has 8 nitrogen and oxygen atoms in total. The first-order chi connectivity index (χ1) is 12.5. The molecule has 0 fully saturated rings. The number of nitro groups is 1. The third-order valence-electron chi connectivity index (χ3n) is 3.28. The van der Waals surface area contributed by atoms with Crippen LogP contribution in [0.15, 0.2) is 42.6 Å². The lowest BCUT2D eigenvalue weighted by Gasteiger charge is -2.10. The van der Waals surface area contributed by atoms with Crippen LogP contribution in [0.3, 0.4) is 0 Å². The Bertz CT molecular complexity index is 729. The maximum Gasteiger partial charge on any atom is 0.338 e. The van der Waals surface area contributed by atoms with Gasteiger partial charge in [0.15, 0.2) is 0 Å². The number of aromatic nitrogens is 1. The third-order valence-corrected chi connectivity index (χ3v) is 3.28. The molecule has 0 aliphatic carbocycles. The molecule has 0 aliphatic rings. The van der Waals surface area contributed by atoms with Gasteiger partial charge in [-0.1, -0.05) is 0 Å². The summed E-state index contributed by atoms with van der Waals surface area (Å²) in [5.74, 6) is 0.841. The fraction of sp³-hybridized carbons (Fsp3) is 0.333. The van der Waals surface area contributed by atoms with Crippen LogP contribution in [0, 0.1) is 10.1 Å². The molecule has 1 aromatic carbocycles. The summed E-state index contributed by atoms with van der Waals surface area (Å²) in [5.41, 5.74) is 0.403. The van der Waals surface area contributed by atoms with E-state index in [0.717, 1.165) is 0 Å². The second-order valence-corrected chi connectivity index (χ2v) is 5.77. The number of benzene rings is 1. The maximum atomic E-state index is 12.0. The average molecular weight is 359 g/mol. The standard InChI is InChI=1S/C18H21N3O5/c1-13(2)26-16-7-4-14(5-8-16)18(22)25-11-3-10-19-17-9-6-15(12-20-17)21(23)24/h4-9,12-13H,3,10-11H2,1-2H3,(H,19,20). The number of nitrogens with one attached hydrogen (secondary N) is 1. The minimum Gasteiger partial charge on any atom is -0.491 e. The largest absolute Gasteiger partial charge is 0.491 e. The predicted octanol–water partition coefficient (Wildman–Crippen LogP) is 3.44. The van der Waals surface area contributed by atoms with E-state index in [2.05, 4.69) is 10.3 Å². The van der Waals surface area contributed by atoms with Gasteiger partial charge >= 0.3 is 5.97 Å². The topological polar surface area (TPSA) is 104 Å². The second kappa shape index (κ2) is 9.36. The van der Waals surface area contributed by atoms with Crippen LogP contribution in [0.4, 0.5) is 11.5 Å². The molecule has 1 heterocycles. The van der Waals surface area contributed by atoms with Crippen molar-refractivity contribution in [3.8, 4) is 5.75 Å². The molecule has 0 spiro atoms. The van der Waals surface area contributed by atoms with E-state index in [0.29, 0.717) is 30.1 Å². The SMILES string of the molecule is CC(C)Oc1ccc(C(=O)OCCCNc2ccc([N+](=O)[O-])cn2)cc1. The zero-order valence-corrected chi connectivity index (χ0v) is 14.7. The lowest BCUT2D eigenvalue weighted by atomic mass is 10.2. The molecule has 0 radical (unpaired) electrons. The van der Waals surface area contributed by atoms with E-state index in [-0.39, 0.29) is 18.4 Å². The summed E-state index contributed by atoms with van der Waals surface area (Å²) in [6.45, 7) is 4.65. The molecule has 2 rings (SSSR count). The van der Waals surface area contributed by atoms with Gasteiger partial charge in [0.05, 0.1) is 23.2 Å². The van der Waals surface area contributed by atoms with E-state index in [1.54, 1.807) is 24.3 Å². The summed E-state index contributed by atoms with van der Waals surface area (Å²) in [5, 5.41) is 13.6. The summed E-state index contributed by atoms with van der Waals surface area (Å²) in [4.78, 5) is 25.9. The lowest BCUT2D eigenvalue weighted by Crippen LogP contribution is -2.11. The molecule has 0 unspecified atom stereocenters. The summed E-state index contributed by atoms with van der Waals surface area (Å²) in [6, 6.07) is 9.71. The Morgan fingerprint density at radius 2 is 1.96 bits per heavy atom. The van der Waals surface area contributed by atoms with Gasteiger partial charge in [-0.25, -0.2) is 9.78 Å². The van der Waals surface area contributed by atoms with Gasteiger partial charge in [0.25, 0.3) is 5.69 Å². The summed E-state index contributed by atoms with van der Waals surface area (Å²) in [6.07, 6.45) is 1.85. The predicted molar refractivity (Wildman–Crippen MR) is 96.5 cm³/mol.